The average molecular weight is 332 g/mol. The highest BCUT2D eigenvalue weighted by atomic mass is 16.7. The molecular formula is C19H28N2O3. The lowest BCUT2D eigenvalue weighted by molar-refractivity contribution is -0.185. The van der Waals surface area contributed by atoms with Crippen molar-refractivity contribution in [3.63, 3.8) is 0 Å². The van der Waals surface area contributed by atoms with Gasteiger partial charge in [-0.2, -0.15) is 0 Å². The van der Waals surface area contributed by atoms with Gasteiger partial charge in [0, 0.05) is 31.6 Å². The van der Waals surface area contributed by atoms with Crippen LogP contribution in [0.5, 0.6) is 0 Å². The molecule has 1 N–H and O–H groups in total. The van der Waals surface area contributed by atoms with Crippen molar-refractivity contribution in [2.45, 2.75) is 44.8 Å². The summed E-state index contributed by atoms with van der Waals surface area (Å²) in [5, 5.41) is 2.99. The summed E-state index contributed by atoms with van der Waals surface area (Å²) in [4.78, 5) is 14.4. The van der Waals surface area contributed by atoms with Gasteiger partial charge in [0.25, 0.3) is 0 Å². The molecular weight excluding hydrogens is 304 g/mol. The van der Waals surface area contributed by atoms with Gasteiger partial charge in [-0.15, -0.1) is 0 Å². The summed E-state index contributed by atoms with van der Waals surface area (Å²) in [5.74, 6) is -0.349. The van der Waals surface area contributed by atoms with Crippen LogP contribution >= 0.6 is 0 Å². The normalized spacial score (nSPS) is 21.1. The molecule has 0 unspecified atom stereocenters. The number of carbonyl (C=O) groups is 1. The Morgan fingerprint density at radius 2 is 1.71 bits per heavy atom. The SMILES string of the molecule is CC(C)(C)c1ccc(NC(=O)CN2CCC3(CC2)OCCO3)cc1. The summed E-state index contributed by atoms with van der Waals surface area (Å²) in [6, 6.07) is 8.11. The average Bonchev–Trinajstić information content (AvgIpc) is 2.98. The van der Waals surface area contributed by atoms with Gasteiger partial charge < -0.3 is 14.8 Å². The topological polar surface area (TPSA) is 50.8 Å². The molecule has 1 aromatic rings. The van der Waals surface area contributed by atoms with E-state index in [1.54, 1.807) is 0 Å². The van der Waals surface area contributed by atoms with Gasteiger partial charge >= 0.3 is 0 Å². The highest BCUT2D eigenvalue weighted by Crippen LogP contribution is 2.31. The fourth-order valence-electron chi connectivity index (χ4n) is 3.29. The fraction of sp³-hybridized carbons (Fsp3) is 0.632. The minimum absolute atomic E-state index is 0.0303. The molecule has 2 aliphatic rings. The highest BCUT2D eigenvalue weighted by Gasteiger charge is 2.39. The van der Waals surface area contributed by atoms with Crippen molar-refractivity contribution in [1.29, 1.82) is 0 Å². The zero-order valence-electron chi connectivity index (χ0n) is 14.9. The molecule has 0 radical (unpaired) electrons. The van der Waals surface area contributed by atoms with E-state index < -0.39 is 0 Å². The molecule has 2 heterocycles. The number of ether oxygens (including phenoxy) is 2. The second-order valence-corrected chi connectivity index (χ2v) is 7.76. The molecule has 2 fully saturated rings. The number of rotatable bonds is 3. The van der Waals surface area contributed by atoms with Gasteiger partial charge in [-0.1, -0.05) is 32.9 Å². The van der Waals surface area contributed by atoms with Gasteiger partial charge in [0.05, 0.1) is 19.8 Å². The third-order valence-electron chi connectivity index (χ3n) is 4.83. The second-order valence-electron chi connectivity index (χ2n) is 7.76. The minimum atomic E-state index is -0.379. The van der Waals surface area contributed by atoms with Crippen LogP contribution in [0.1, 0.15) is 39.2 Å². The molecule has 5 heteroatoms. The van der Waals surface area contributed by atoms with Gasteiger partial charge in [0.2, 0.25) is 5.91 Å². The smallest absolute Gasteiger partial charge is 0.238 e. The fourth-order valence-corrected chi connectivity index (χ4v) is 3.29. The Labute approximate surface area is 144 Å². The molecule has 0 saturated carbocycles. The number of hydrogen-bond acceptors (Lipinski definition) is 4. The first kappa shape index (κ1) is 17.4. The minimum Gasteiger partial charge on any atom is -0.347 e. The first-order valence-electron chi connectivity index (χ1n) is 8.77. The van der Waals surface area contributed by atoms with Gasteiger partial charge in [0.15, 0.2) is 5.79 Å². The zero-order valence-corrected chi connectivity index (χ0v) is 14.9. The number of likely N-dealkylation sites (tertiary alicyclic amines) is 1. The molecule has 0 aliphatic carbocycles. The van der Waals surface area contributed by atoms with Crippen LogP contribution in [0.3, 0.4) is 0 Å². The van der Waals surface area contributed by atoms with E-state index in [1.165, 1.54) is 5.56 Å². The Bertz CT molecular complexity index is 561. The maximum atomic E-state index is 12.3. The van der Waals surface area contributed by atoms with Crippen LogP contribution in [0.2, 0.25) is 0 Å². The molecule has 0 bridgehead atoms. The molecule has 1 spiro atoms. The van der Waals surface area contributed by atoms with Crippen LogP contribution in [0.4, 0.5) is 5.69 Å². The largest absolute Gasteiger partial charge is 0.347 e. The molecule has 0 atom stereocenters. The van der Waals surface area contributed by atoms with Crippen molar-refractivity contribution in [1.82, 2.24) is 4.90 Å². The molecule has 2 aliphatic heterocycles. The van der Waals surface area contributed by atoms with Crippen LogP contribution in [0.25, 0.3) is 0 Å². The van der Waals surface area contributed by atoms with E-state index in [0.717, 1.165) is 31.6 Å². The first-order chi connectivity index (χ1) is 11.4. The molecule has 3 rings (SSSR count). The van der Waals surface area contributed by atoms with Crippen LogP contribution in [-0.2, 0) is 19.7 Å². The molecule has 24 heavy (non-hydrogen) atoms. The van der Waals surface area contributed by atoms with Crippen molar-refractivity contribution in [3.8, 4) is 0 Å². The van der Waals surface area contributed by atoms with Crippen LogP contribution in [-0.4, -0.2) is 49.4 Å². The summed E-state index contributed by atoms with van der Waals surface area (Å²) < 4.78 is 11.4. The number of hydrogen-bond donors (Lipinski definition) is 1. The third kappa shape index (κ3) is 4.15. The number of anilines is 1. The Morgan fingerprint density at radius 1 is 1.12 bits per heavy atom. The van der Waals surface area contributed by atoms with Crippen molar-refractivity contribution < 1.29 is 14.3 Å². The molecule has 132 valence electrons. The van der Waals surface area contributed by atoms with E-state index in [0.29, 0.717) is 19.8 Å². The van der Waals surface area contributed by atoms with Gasteiger partial charge in [-0.3, -0.25) is 9.69 Å². The summed E-state index contributed by atoms with van der Waals surface area (Å²) >= 11 is 0. The lowest BCUT2D eigenvalue weighted by atomic mass is 9.87. The number of piperidine rings is 1. The number of carbonyl (C=O) groups excluding carboxylic acids is 1. The number of benzene rings is 1. The standard InChI is InChI=1S/C19H28N2O3/c1-18(2,3)15-4-6-16(7-5-15)20-17(22)14-21-10-8-19(9-11-21)23-12-13-24-19/h4-7H,8-14H2,1-3H3,(H,20,22). The van der Waals surface area contributed by atoms with Crippen LogP contribution in [0.15, 0.2) is 24.3 Å². The van der Waals surface area contributed by atoms with Gasteiger partial charge in [-0.25, -0.2) is 0 Å². The van der Waals surface area contributed by atoms with Crippen LogP contribution in [0, 0.1) is 0 Å². The molecule has 1 amide bonds. The highest BCUT2D eigenvalue weighted by molar-refractivity contribution is 5.92. The summed E-state index contributed by atoms with van der Waals surface area (Å²) in [6.07, 6.45) is 1.67. The lowest BCUT2D eigenvalue weighted by Crippen LogP contribution is -2.47. The lowest BCUT2D eigenvalue weighted by Gasteiger charge is -2.37. The predicted molar refractivity (Wildman–Crippen MR) is 94.1 cm³/mol. The van der Waals surface area contributed by atoms with Gasteiger partial charge in [-0.05, 0) is 23.1 Å². The van der Waals surface area contributed by atoms with E-state index >= 15 is 0 Å². The molecule has 1 aromatic carbocycles. The third-order valence-corrected chi connectivity index (χ3v) is 4.83. The summed E-state index contributed by atoms with van der Waals surface area (Å²) in [7, 11) is 0. The van der Waals surface area contributed by atoms with Crippen molar-refractivity contribution in [2.24, 2.45) is 0 Å². The molecule has 2 saturated heterocycles. The Hall–Kier alpha value is -1.43. The quantitative estimate of drug-likeness (QED) is 0.925. The monoisotopic (exact) mass is 332 g/mol. The van der Waals surface area contributed by atoms with E-state index in [1.807, 2.05) is 12.1 Å². The van der Waals surface area contributed by atoms with E-state index in [-0.39, 0.29) is 17.1 Å². The molecule has 0 aromatic heterocycles. The molecule has 5 nitrogen and oxygen atoms in total. The summed E-state index contributed by atoms with van der Waals surface area (Å²) in [6.45, 7) is 9.99. The first-order valence-corrected chi connectivity index (χ1v) is 8.77. The Kier molecular flexibility index (Phi) is 4.95. The van der Waals surface area contributed by atoms with Crippen LogP contribution < -0.4 is 5.32 Å². The van der Waals surface area contributed by atoms with Gasteiger partial charge in [0.1, 0.15) is 0 Å². The maximum absolute atomic E-state index is 12.3. The predicted octanol–water partition coefficient (Wildman–Crippen LogP) is 2.76. The van der Waals surface area contributed by atoms with E-state index in [4.69, 9.17) is 9.47 Å². The maximum Gasteiger partial charge on any atom is 0.238 e. The van der Waals surface area contributed by atoms with Crippen molar-refractivity contribution >= 4 is 11.6 Å². The second kappa shape index (κ2) is 6.82. The Morgan fingerprint density at radius 3 is 2.25 bits per heavy atom. The number of nitrogens with zero attached hydrogens (tertiary/aromatic N) is 1. The number of amides is 1. The number of nitrogens with one attached hydrogen (secondary N) is 1. The van der Waals surface area contributed by atoms with E-state index in [2.05, 4.69) is 43.1 Å². The summed E-state index contributed by atoms with van der Waals surface area (Å²) in [5.41, 5.74) is 2.23. The van der Waals surface area contributed by atoms with E-state index in [9.17, 15) is 4.79 Å². The van der Waals surface area contributed by atoms with Crippen molar-refractivity contribution in [3.05, 3.63) is 29.8 Å². The zero-order chi connectivity index (χ0) is 17.2. The van der Waals surface area contributed by atoms with Crippen molar-refractivity contribution in [2.75, 3.05) is 38.2 Å². The Balaban J connectivity index is 1.47.